The van der Waals surface area contributed by atoms with E-state index in [2.05, 4.69) is 71.3 Å². The van der Waals surface area contributed by atoms with E-state index >= 15 is 0 Å². The topological polar surface area (TPSA) is 37.1 Å². The Morgan fingerprint density at radius 3 is 2.00 bits per heavy atom. The van der Waals surface area contributed by atoms with E-state index in [4.69, 9.17) is 16.6 Å². The molecule has 3 nitrogen and oxygen atoms in total. The first-order chi connectivity index (χ1) is 15.8. The SMILES string of the molecule is C=N/C(=N\C(=N/CCl)c1ccc(-c2ccccc2)cc1)c1ccc(C2=CC=CCC2)cc1. The van der Waals surface area contributed by atoms with Crippen molar-refractivity contribution in [2.45, 2.75) is 12.8 Å². The van der Waals surface area contributed by atoms with Gasteiger partial charge in [0.1, 0.15) is 6.00 Å². The summed E-state index contributed by atoms with van der Waals surface area (Å²) in [5.74, 6) is 1.05. The zero-order valence-electron chi connectivity index (χ0n) is 17.8. The summed E-state index contributed by atoms with van der Waals surface area (Å²) in [6, 6.07) is 26.8. The van der Waals surface area contributed by atoms with Gasteiger partial charge in [0.25, 0.3) is 0 Å². The molecular formula is C28H24ClN3. The zero-order chi connectivity index (χ0) is 22.2. The summed E-state index contributed by atoms with van der Waals surface area (Å²) in [5.41, 5.74) is 6.62. The van der Waals surface area contributed by atoms with E-state index in [-0.39, 0.29) is 6.00 Å². The van der Waals surface area contributed by atoms with Crippen LogP contribution in [-0.4, -0.2) is 24.4 Å². The second-order valence-electron chi connectivity index (χ2n) is 7.37. The molecule has 0 amide bonds. The fourth-order valence-corrected chi connectivity index (χ4v) is 3.77. The molecule has 0 spiro atoms. The maximum Gasteiger partial charge on any atom is 0.161 e. The largest absolute Gasteiger partial charge is 0.250 e. The maximum atomic E-state index is 5.94. The van der Waals surface area contributed by atoms with Crippen LogP contribution >= 0.6 is 11.6 Å². The van der Waals surface area contributed by atoms with E-state index in [0.717, 1.165) is 35.1 Å². The van der Waals surface area contributed by atoms with Crippen LogP contribution in [0.5, 0.6) is 0 Å². The Morgan fingerprint density at radius 1 is 0.781 bits per heavy atom. The first kappa shape index (κ1) is 21.7. The van der Waals surface area contributed by atoms with E-state index in [0.29, 0.717) is 11.7 Å². The number of benzene rings is 3. The van der Waals surface area contributed by atoms with Crippen molar-refractivity contribution in [1.29, 1.82) is 0 Å². The Morgan fingerprint density at radius 2 is 1.41 bits per heavy atom. The van der Waals surface area contributed by atoms with Gasteiger partial charge in [-0.05, 0) is 41.8 Å². The number of allylic oxidation sites excluding steroid dienone is 4. The van der Waals surface area contributed by atoms with Crippen molar-refractivity contribution in [1.82, 2.24) is 0 Å². The molecule has 0 bridgehead atoms. The Kier molecular flexibility index (Phi) is 7.21. The molecule has 0 saturated heterocycles. The molecule has 0 aromatic heterocycles. The molecule has 158 valence electrons. The van der Waals surface area contributed by atoms with E-state index < -0.39 is 0 Å². The van der Waals surface area contributed by atoms with Gasteiger partial charge < -0.3 is 0 Å². The standard InChI is InChI=1S/C28H24ClN3/c1-30-27(25-16-12-23(13-17-25)21-8-4-2-5-9-21)32-28(31-20-29)26-18-14-24(15-19-26)22-10-6-3-7-11-22/h2-4,6-8,10-19H,1,5,9,20H2/b31-28-,32-27-. The smallest absolute Gasteiger partial charge is 0.161 e. The second kappa shape index (κ2) is 10.7. The Labute approximate surface area is 194 Å². The van der Waals surface area contributed by atoms with Crippen LogP contribution in [0.2, 0.25) is 0 Å². The average Bonchev–Trinajstić information content (AvgIpc) is 2.88. The maximum absolute atomic E-state index is 5.94. The van der Waals surface area contributed by atoms with Crippen LogP contribution in [0.15, 0.2) is 112 Å². The molecule has 3 aromatic carbocycles. The van der Waals surface area contributed by atoms with Gasteiger partial charge in [0.2, 0.25) is 0 Å². The first-order valence-electron chi connectivity index (χ1n) is 10.6. The van der Waals surface area contributed by atoms with E-state index in [1.165, 1.54) is 11.1 Å². The fourth-order valence-electron chi connectivity index (χ4n) is 3.66. The number of amidine groups is 2. The predicted molar refractivity (Wildman–Crippen MR) is 138 cm³/mol. The second-order valence-corrected chi connectivity index (χ2v) is 7.61. The van der Waals surface area contributed by atoms with Crippen LogP contribution in [0, 0.1) is 0 Å². The van der Waals surface area contributed by atoms with Crippen molar-refractivity contribution < 1.29 is 0 Å². The summed E-state index contributed by atoms with van der Waals surface area (Å²) in [7, 11) is 0. The van der Waals surface area contributed by atoms with Gasteiger partial charge in [0.15, 0.2) is 11.7 Å². The van der Waals surface area contributed by atoms with Gasteiger partial charge in [-0.15, -0.1) is 11.6 Å². The summed E-state index contributed by atoms with van der Waals surface area (Å²) in [4.78, 5) is 13.3. The highest BCUT2D eigenvalue weighted by Crippen LogP contribution is 2.24. The minimum Gasteiger partial charge on any atom is -0.250 e. The van der Waals surface area contributed by atoms with E-state index in [1.807, 2.05) is 42.5 Å². The highest BCUT2D eigenvalue weighted by molar-refractivity contribution is 6.19. The van der Waals surface area contributed by atoms with Crippen LogP contribution in [0.1, 0.15) is 29.5 Å². The van der Waals surface area contributed by atoms with Crippen LogP contribution in [0.25, 0.3) is 16.7 Å². The van der Waals surface area contributed by atoms with Crippen molar-refractivity contribution in [3.05, 3.63) is 114 Å². The van der Waals surface area contributed by atoms with Crippen LogP contribution in [0.4, 0.5) is 0 Å². The highest BCUT2D eigenvalue weighted by Gasteiger charge is 2.09. The third kappa shape index (κ3) is 5.19. The summed E-state index contributed by atoms with van der Waals surface area (Å²) >= 11 is 5.94. The molecule has 1 aliphatic carbocycles. The molecule has 0 unspecified atom stereocenters. The van der Waals surface area contributed by atoms with Gasteiger partial charge in [-0.25, -0.2) is 15.0 Å². The van der Waals surface area contributed by atoms with Gasteiger partial charge in [-0.3, -0.25) is 0 Å². The lowest BCUT2D eigenvalue weighted by Gasteiger charge is -2.10. The number of hydrogen-bond donors (Lipinski definition) is 0. The number of rotatable bonds is 5. The number of halogens is 1. The van der Waals surface area contributed by atoms with Gasteiger partial charge in [0, 0.05) is 11.1 Å². The lowest BCUT2D eigenvalue weighted by Crippen LogP contribution is -2.05. The monoisotopic (exact) mass is 437 g/mol. The molecule has 0 N–H and O–H groups in total. The molecule has 4 heteroatoms. The average molecular weight is 438 g/mol. The van der Waals surface area contributed by atoms with Crippen molar-refractivity contribution >= 4 is 35.6 Å². The minimum absolute atomic E-state index is 0.115. The molecule has 0 atom stereocenters. The third-order valence-corrected chi connectivity index (χ3v) is 5.47. The van der Waals surface area contributed by atoms with Gasteiger partial charge in [0.05, 0.1) is 0 Å². The summed E-state index contributed by atoms with van der Waals surface area (Å²) < 4.78 is 0. The lowest BCUT2D eigenvalue weighted by molar-refractivity contribution is 1.05. The van der Waals surface area contributed by atoms with E-state index in [1.54, 1.807) is 0 Å². The van der Waals surface area contributed by atoms with Gasteiger partial charge in [-0.2, -0.15) is 0 Å². The molecule has 0 heterocycles. The van der Waals surface area contributed by atoms with Crippen LogP contribution < -0.4 is 0 Å². The number of hydrogen-bond acceptors (Lipinski definition) is 1. The summed E-state index contributed by atoms with van der Waals surface area (Å²) in [5, 5.41) is 0. The van der Waals surface area contributed by atoms with E-state index in [9.17, 15) is 0 Å². The number of aliphatic imine (C=N–C) groups is 3. The molecule has 3 aromatic rings. The predicted octanol–water partition coefficient (Wildman–Crippen LogP) is 7.18. The Bertz CT molecular complexity index is 1190. The molecule has 32 heavy (non-hydrogen) atoms. The zero-order valence-corrected chi connectivity index (χ0v) is 18.5. The minimum atomic E-state index is 0.115. The van der Waals surface area contributed by atoms with Gasteiger partial charge >= 0.3 is 0 Å². The molecule has 4 rings (SSSR count). The van der Waals surface area contributed by atoms with Crippen molar-refractivity contribution in [2.75, 3.05) is 6.00 Å². The first-order valence-corrected chi connectivity index (χ1v) is 11.1. The summed E-state index contributed by atoms with van der Waals surface area (Å²) in [6.45, 7) is 3.72. The molecule has 1 aliphatic rings. The van der Waals surface area contributed by atoms with Gasteiger partial charge in [-0.1, -0.05) is 97.1 Å². The lowest BCUT2D eigenvalue weighted by atomic mass is 9.96. The molecule has 0 aliphatic heterocycles. The van der Waals surface area contributed by atoms with Crippen molar-refractivity contribution in [2.24, 2.45) is 15.0 Å². The Balaban J connectivity index is 1.61. The fraction of sp³-hybridized carbons (Fsp3) is 0.107. The molecule has 0 radical (unpaired) electrons. The van der Waals surface area contributed by atoms with Crippen LogP contribution in [-0.2, 0) is 0 Å². The highest BCUT2D eigenvalue weighted by atomic mass is 35.5. The normalized spacial score (nSPS) is 14.2. The number of alkyl halides is 1. The quantitative estimate of drug-likeness (QED) is 0.175. The Hall–Kier alpha value is -3.56. The van der Waals surface area contributed by atoms with Crippen LogP contribution in [0.3, 0.4) is 0 Å². The number of nitrogens with zero attached hydrogens (tertiary/aromatic N) is 3. The van der Waals surface area contributed by atoms with Crippen molar-refractivity contribution in [3.8, 4) is 11.1 Å². The van der Waals surface area contributed by atoms with Crippen molar-refractivity contribution in [3.63, 3.8) is 0 Å². The molecule has 0 fully saturated rings. The molecule has 0 saturated carbocycles. The third-order valence-electron chi connectivity index (χ3n) is 5.35. The summed E-state index contributed by atoms with van der Waals surface area (Å²) in [6.07, 6.45) is 8.61. The molecular weight excluding hydrogens is 414 g/mol.